The van der Waals surface area contributed by atoms with Crippen LogP contribution in [0.5, 0.6) is 28.7 Å². The highest BCUT2D eigenvalue weighted by molar-refractivity contribution is 6.11. The molecule has 5 aromatic rings. The number of carbonyl (C=O) groups is 3. The van der Waals surface area contributed by atoms with Crippen LogP contribution in [0.4, 0.5) is 0 Å². The lowest BCUT2D eigenvalue weighted by Crippen LogP contribution is -2.18. The molecule has 11 heteroatoms. The standard InChI is InChI=1S/C34H29N3O8/c1-20(38)44-25-16-14-23(18-29(25)43-4)34(40)45-26-15-13-21(17-28(26)42-3)19-35-37-33(39)32-30(22-9-6-5-7-10-22)24-11-8-12-27(41-2)31(24)36-32/h5-19,36H,1-4H3,(H,37,39). The molecule has 2 N–H and O–H groups in total. The summed E-state index contributed by atoms with van der Waals surface area (Å²) in [5, 5.41) is 4.97. The number of hydrogen-bond donors (Lipinski definition) is 2. The SMILES string of the molecule is COc1cc(C(=O)Oc2ccc(C=NNC(=O)c3[nH]c4c(OC)cccc4c3-c3ccccc3)cc2OC)ccc1OC(C)=O. The second-order valence-corrected chi connectivity index (χ2v) is 9.58. The van der Waals surface area contributed by atoms with Gasteiger partial charge in [0, 0.05) is 17.9 Å². The molecule has 0 aliphatic rings. The van der Waals surface area contributed by atoms with E-state index in [9.17, 15) is 14.4 Å². The van der Waals surface area contributed by atoms with E-state index >= 15 is 0 Å². The van der Waals surface area contributed by atoms with Crippen LogP contribution in [0.2, 0.25) is 0 Å². The van der Waals surface area contributed by atoms with Gasteiger partial charge in [-0.2, -0.15) is 5.10 Å². The van der Waals surface area contributed by atoms with Crippen molar-refractivity contribution in [1.29, 1.82) is 0 Å². The molecule has 11 nitrogen and oxygen atoms in total. The Kier molecular flexibility index (Phi) is 9.09. The maximum absolute atomic E-state index is 13.3. The summed E-state index contributed by atoms with van der Waals surface area (Å²) in [6.07, 6.45) is 1.44. The summed E-state index contributed by atoms with van der Waals surface area (Å²) in [6.45, 7) is 1.26. The molecular weight excluding hydrogens is 578 g/mol. The lowest BCUT2D eigenvalue weighted by atomic mass is 10.0. The van der Waals surface area contributed by atoms with E-state index in [-0.39, 0.29) is 28.6 Å². The molecule has 0 saturated carbocycles. The van der Waals surface area contributed by atoms with E-state index in [1.807, 2.05) is 48.5 Å². The lowest BCUT2D eigenvalue weighted by Gasteiger charge is -2.12. The normalized spacial score (nSPS) is 10.8. The third-order valence-electron chi connectivity index (χ3n) is 6.73. The minimum Gasteiger partial charge on any atom is -0.495 e. The number of benzene rings is 4. The Morgan fingerprint density at radius 2 is 1.42 bits per heavy atom. The predicted molar refractivity (Wildman–Crippen MR) is 168 cm³/mol. The molecule has 0 spiro atoms. The van der Waals surface area contributed by atoms with Crippen molar-refractivity contribution in [3.8, 4) is 39.9 Å². The number of esters is 2. The first kappa shape index (κ1) is 30.4. The van der Waals surface area contributed by atoms with Crippen LogP contribution in [-0.2, 0) is 4.79 Å². The number of nitrogens with one attached hydrogen (secondary N) is 2. The smallest absolute Gasteiger partial charge is 0.343 e. The molecule has 0 radical (unpaired) electrons. The molecule has 5 rings (SSSR count). The number of amides is 1. The van der Waals surface area contributed by atoms with Gasteiger partial charge in [0.15, 0.2) is 23.0 Å². The Morgan fingerprint density at radius 3 is 2.13 bits per heavy atom. The van der Waals surface area contributed by atoms with Gasteiger partial charge < -0.3 is 28.7 Å². The number of aromatic amines is 1. The van der Waals surface area contributed by atoms with Crippen molar-refractivity contribution in [3.05, 3.63) is 102 Å². The second-order valence-electron chi connectivity index (χ2n) is 9.58. The van der Waals surface area contributed by atoms with E-state index in [1.165, 1.54) is 45.6 Å². The number of carbonyl (C=O) groups excluding carboxylic acids is 3. The number of H-pyrrole nitrogens is 1. The van der Waals surface area contributed by atoms with Gasteiger partial charge in [-0.15, -0.1) is 0 Å². The third-order valence-corrected chi connectivity index (χ3v) is 6.73. The van der Waals surface area contributed by atoms with Crippen LogP contribution in [0, 0.1) is 0 Å². The summed E-state index contributed by atoms with van der Waals surface area (Å²) < 4.78 is 26.8. The largest absolute Gasteiger partial charge is 0.495 e. The van der Waals surface area contributed by atoms with E-state index in [2.05, 4.69) is 15.5 Å². The first-order chi connectivity index (χ1) is 21.8. The summed E-state index contributed by atoms with van der Waals surface area (Å²) in [4.78, 5) is 40.7. The van der Waals surface area contributed by atoms with Crippen molar-refractivity contribution < 1.29 is 38.1 Å². The molecule has 0 atom stereocenters. The number of rotatable bonds is 10. The molecule has 1 heterocycles. The maximum atomic E-state index is 13.3. The molecule has 0 unspecified atom stereocenters. The minimum atomic E-state index is -0.682. The molecule has 1 amide bonds. The van der Waals surface area contributed by atoms with Crippen LogP contribution in [0.3, 0.4) is 0 Å². The Hall–Kier alpha value is -6.10. The molecule has 0 saturated heterocycles. The zero-order valence-electron chi connectivity index (χ0n) is 24.9. The summed E-state index contributed by atoms with van der Waals surface area (Å²) in [5.74, 6) is -0.249. The number of fused-ring (bicyclic) bond motifs is 1. The molecular formula is C34H29N3O8. The summed E-state index contributed by atoms with van der Waals surface area (Å²) >= 11 is 0. The van der Waals surface area contributed by atoms with Gasteiger partial charge in [-0.25, -0.2) is 10.2 Å². The highest BCUT2D eigenvalue weighted by Gasteiger charge is 2.21. The Labute approximate surface area is 258 Å². The van der Waals surface area contributed by atoms with E-state index in [4.69, 9.17) is 23.7 Å². The van der Waals surface area contributed by atoms with E-state index < -0.39 is 17.8 Å². The van der Waals surface area contributed by atoms with Crippen LogP contribution in [0.15, 0.2) is 90.0 Å². The topological polar surface area (TPSA) is 138 Å². The molecule has 0 fully saturated rings. The van der Waals surface area contributed by atoms with Crippen LogP contribution in [0.1, 0.15) is 33.3 Å². The third kappa shape index (κ3) is 6.62. The fraction of sp³-hybridized carbons (Fsp3) is 0.118. The summed E-state index contributed by atoms with van der Waals surface area (Å²) in [7, 11) is 4.40. The number of hydrogen-bond acceptors (Lipinski definition) is 9. The van der Waals surface area contributed by atoms with Crippen LogP contribution in [-0.4, -0.2) is 50.4 Å². The molecule has 0 aliphatic heterocycles. The predicted octanol–water partition coefficient (Wildman–Crippen LogP) is 5.77. The number of hydrazone groups is 1. The fourth-order valence-electron chi connectivity index (χ4n) is 4.70. The van der Waals surface area contributed by atoms with E-state index in [1.54, 1.807) is 25.3 Å². The van der Waals surface area contributed by atoms with Gasteiger partial charge in [-0.05, 0) is 53.6 Å². The quantitative estimate of drug-likeness (QED) is 0.0884. The zero-order valence-corrected chi connectivity index (χ0v) is 24.9. The molecule has 1 aromatic heterocycles. The number of ether oxygens (including phenoxy) is 5. The van der Waals surface area contributed by atoms with Gasteiger partial charge in [0.2, 0.25) is 0 Å². The van der Waals surface area contributed by atoms with Gasteiger partial charge in [0.25, 0.3) is 5.91 Å². The number of methoxy groups -OCH3 is 3. The molecule has 4 aromatic carbocycles. The van der Waals surface area contributed by atoms with Gasteiger partial charge in [0.1, 0.15) is 11.4 Å². The Morgan fingerprint density at radius 1 is 0.733 bits per heavy atom. The highest BCUT2D eigenvalue weighted by Crippen LogP contribution is 2.36. The van der Waals surface area contributed by atoms with Crippen LogP contribution < -0.4 is 29.1 Å². The molecule has 0 aliphatic carbocycles. The van der Waals surface area contributed by atoms with Gasteiger partial charge in [-0.1, -0.05) is 42.5 Å². The molecule has 228 valence electrons. The van der Waals surface area contributed by atoms with Crippen molar-refractivity contribution in [2.24, 2.45) is 5.10 Å². The summed E-state index contributed by atoms with van der Waals surface area (Å²) in [6, 6.07) is 24.3. The van der Waals surface area contributed by atoms with Crippen molar-refractivity contribution in [2.45, 2.75) is 6.92 Å². The number of aromatic nitrogens is 1. The Bertz CT molecular complexity index is 1910. The average Bonchev–Trinajstić information content (AvgIpc) is 3.45. The van der Waals surface area contributed by atoms with Crippen LogP contribution >= 0.6 is 0 Å². The van der Waals surface area contributed by atoms with Crippen molar-refractivity contribution in [1.82, 2.24) is 10.4 Å². The second kappa shape index (κ2) is 13.5. The van der Waals surface area contributed by atoms with E-state index in [0.717, 1.165) is 16.5 Å². The van der Waals surface area contributed by atoms with Crippen molar-refractivity contribution >= 4 is 35.0 Å². The zero-order chi connectivity index (χ0) is 31.9. The monoisotopic (exact) mass is 607 g/mol. The molecule has 0 bridgehead atoms. The van der Waals surface area contributed by atoms with Crippen molar-refractivity contribution in [2.75, 3.05) is 21.3 Å². The first-order valence-corrected chi connectivity index (χ1v) is 13.7. The molecule has 45 heavy (non-hydrogen) atoms. The van der Waals surface area contributed by atoms with Gasteiger partial charge in [0.05, 0.1) is 38.6 Å². The van der Waals surface area contributed by atoms with Gasteiger partial charge in [-0.3, -0.25) is 9.59 Å². The highest BCUT2D eigenvalue weighted by atomic mass is 16.6. The number of para-hydroxylation sites is 1. The average molecular weight is 608 g/mol. The first-order valence-electron chi connectivity index (χ1n) is 13.7. The van der Waals surface area contributed by atoms with Crippen molar-refractivity contribution in [3.63, 3.8) is 0 Å². The fourth-order valence-corrected chi connectivity index (χ4v) is 4.70. The minimum absolute atomic E-state index is 0.159. The van der Waals surface area contributed by atoms with Gasteiger partial charge >= 0.3 is 11.9 Å². The van der Waals surface area contributed by atoms with Crippen LogP contribution in [0.25, 0.3) is 22.0 Å². The van der Waals surface area contributed by atoms with E-state index in [0.29, 0.717) is 22.5 Å². The number of nitrogens with zero attached hydrogens (tertiary/aromatic N) is 1. The summed E-state index contributed by atoms with van der Waals surface area (Å²) in [5.41, 5.74) is 5.93. The maximum Gasteiger partial charge on any atom is 0.343 e. The lowest BCUT2D eigenvalue weighted by molar-refractivity contribution is -0.132. The Balaban J connectivity index is 1.33.